The van der Waals surface area contributed by atoms with Crippen molar-refractivity contribution in [1.29, 1.82) is 0 Å². The fourth-order valence-electron chi connectivity index (χ4n) is 3.84. The number of piperidine rings is 1. The number of rotatable bonds is 3. The third-order valence-electron chi connectivity index (χ3n) is 5.44. The number of carbonyl (C=O) groups excluding carboxylic acids is 1. The van der Waals surface area contributed by atoms with E-state index in [-0.39, 0.29) is 40.4 Å². The molecule has 0 bridgehead atoms. The first kappa shape index (κ1) is 21.9. The molecule has 0 aliphatic carbocycles. The highest BCUT2D eigenvalue weighted by molar-refractivity contribution is 6.42. The third-order valence-corrected chi connectivity index (χ3v) is 6.18. The van der Waals surface area contributed by atoms with Gasteiger partial charge in [-0.2, -0.15) is 18.3 Å². The molecule has 10 heteroatoms. The molecular weight excluding hydrogens is 452 g/mol. The summed E-state index contributed by atoms with van der Waals surface area (Å²) < 4.78 is 42.0. The van der Waals surface area contributed by atoms with E-state index in [2.05, 4.69) is 10.1 Å². The average Bonchev–Trinajstić information content (AvgIpc) is 3.10. The number of likely N-dealkylation sites (tertiary alicyclic amines) is 1. The number of benzene rings is 1. The smallest absolute Gasteiger partial charge is 0.340 e. The van der Waals surface area contributed by atoms with Gasteiger partial charge in [0.05, 0.1) is 27.9 Å². The highest BCUT2D eigenvalue weighted by Crippen LogP contribution is 2.34. The van der Waals surface area contributed by atoms with Crippen LogP contribution in [0.4, 0.5) is 13.2 Å². The molecule has 1 atom stereocenters. The maximum atomic E-state index is 13.8. The van der Waals surface area contributed by atoms with Gasteiger partial charge >= 0.3 is 6.18 Å². The van der Waals surface area contributed by atoms with Crippen LogP contribution in [0.1, 0.15) is 37.6 Å². The highest BCUT2D eigenvalue weighted by Gasteiger charge is 2.35. The number of amides is 1. The second-order valence-electron chi connectivity index (χ2n) is 7.67. The van der Waals surface area contributed by atoms with Gasteiger partial charge in [-0.15, -0.1) is 0 Å². The standard InChI is InChI=1S/C21H19Cl2F3N4O/c1-12-4-2-3-7-29(12)20(31)10-14-9-19-27-17(13-5-6-15(22)16(23)8-13)11-18(21(24,25)26)30(19)28-14/h5-6,8-9,11-12H,2-4,7,10H2,1H3. The Morgan fingerprint density at radius 2 is 1.94 bits per heavy atom. The number of halogens is 5. The van der Waals surface area contributed by atoms with Gasteiger partial charge in [0.2, 0.25) is 5.91 Å². The zero-order valence-corrected chi connectivity index (χ0v) is 18.1. The summed E-state index contributed by atoms with van der Waals surface area (Å²) in [7, 11) is 0. The van der Waals surface area contributed by atoms with Gasteiger partial charge in [-0.1, -0.05) is 29.3 Å². The monoisotopic (exact) mass is 470 g/mol. The fourth-order valence-corrected chi connectivity index (χ4v) is 4.14. The van der Waals surface area contributed by atoms with Crippen LogP contribution < -0.4 is 0 Å². The van der Waals surface area contributed by atoms with Crippen LogP contribution >= 0.6 is 23.2 Å². The summed E-state index contributed by atoms with van der Waals surface area (Å²) >= 11 is 11.9. The molecule has 4 rings (SSSR count). The van der Waals surface area contributed by atoms with Gasteiger partial charge in [-0.3, -0.25) is 4.79 Å². The molecule has 1 amide bonds. The molecule has 1 saturated heterocycles. The Kier molecular flexibility index (Phi) is 5.87. The maximum Gasteiger partial charge on any atom is 0.433 e. The van der Waals surface area contributed by atoms with E-state index in [0.29, 0.717) is 17.1 Å². The number of nitrogens with zero attached hydrogens (tertiary/aromatic N) is 4. The van der Waals surface area contributed by atoms with Crippen molar-refractivity contribution in [1.82, 2.24) is 19.5 Å². The van der Waals surface area contributed by atoms with Crippen LogP contribution in [0.5, 0.6) is 0 Å². The van der Waals surface area contributed by atoms with Gasteiger partial charge < -0.3 is 4.90 Å². The van der Waals surface area contributed by atoms with E-state index in [9.17, 15) is 18.0 Å². The number of hydrogen-bond acceptors (Lipinski definition) is 3. The van der Waals surface area contributed by atoms with E-state index >= 15 is 0 Å². The molecule has 2 aromatic heterocycles. The van der Waals surface area contributed by atoms with E-state index < -0.39 is 11.9 Å². The van der Waals surface area contributed by atoms with Crippen LogP contribution in [0.2, 0.25) is 10.0 Å². The predicted octanol–water partition coefficient (Wildman–Crippen LogP) is 5.67. The quantitative estimate of drug-likeness (QED) is 0.495. The van der Waals surface area contributed by atoms with Crippen LogP contribution in [0.3, 0.4) is 0 Å². The topological polar surface area (TPSA) is 50.5 Å². The van der Waals surface area contributed by atoms with Crippen molar-refractivity contribution in [2.75, 3.05) is 6.54 Å². The van der Waals surface area contributed by atoms with Gasteiger partial charge in [0, 0.05) is 24.2 Å². The molecule has 0 spiro atoms. The SMILES string of the molecule is CC1CCCCN1C(=O)Cc1cc2nc(-c3ccc(Cl)c(Cl)c3)cc(C(F)(F)F)n2n1. The summed E-state index contributed by atoms with van der Waals surface area (Å²) in [6, 6.07) is 6.95. The van der Waals surface area contributed by atoms with Gasteiger partial charge in [0.1, 0.15) is 0 Å². The molecular formula is C21H19Cl2F3N4O. The Labute approximate surface area is 186 Å². The number of carbonyl (C=O) groups is 1. The van der Waals surface area contributed by atoms with Crippen molar-refractivity contribution in [2.45, 2.75) is 44.8 Å². The molecule has 3 heterocycles. The van der Waals surface area contributed by atoms with Crippen LogP contribution in [0.25, 0.3) is 16.9 Å². The first-order valence-electron chi connectivity index (χ1n) is 9.85. The van der Waals surface area contributed by atoms with Crippen molar-refractivity contribution in [3.63, 3.8) is 0 Å². The van der Waals surface area contributed by atoms with Crippen LogP contribution in [0.15, 0.2) is 30.3 Å². The Balaban J connectivity index is 1.73. The van der Waals surface area contributed by atoms with Crippen LogP contribution in [0, 0.1) is 0 Å². The number of alkyl halides is 3. The molecule has 164 valence electrons. The van der Waals surface area contributed by atoms with Crippen LogP contribution in [-0.2, 0) is 17.4 Å². The largest absolute Gasteiger partial charge is 0.433 e. The first-order chi connectivity index (χ1) is 14.6. The summed E-state index contributed by atoms with van der Waals surface area (Å²) in [5.41, 5.74) is -0.259. The molecule has 0 saturated carbocycles. The molecule has 1 aliphatic heterocycles. The molecule has 1 unspecified atom stereocenters. The second kappa shape index (κ2) is 8.31. The zero-order valence-electron chi connectivity index (χ0n) is 16.6. The highest BCUT2D eigenvalue weighted by atomic mass is 35.5. The molecule has 0 N–H and O–H groups in total. The summed E-state index contributed by atoms with van der Waals surface area (Å²) in [6.45, 7) is 2.63. The Bertz CT molecular complexity index is 1150. The summed E-state index contributed by atoms with van der Waals surface area (Å²) in [5, 5.41) is 4.55. The van der Waals surface area contributed by atoms with E-state index in [1.807, 2.05) is 6.92 Å². The number of hydrogen-bond donors (Lipinski definition) is 0. The Hall–Kier alpha value is -2.32. The van der Waals surface area contributed by atoms with Crippen molar-refractivity contribution in [3.8, 4) is 11.3 Å². The summed E-state index contributed by atoms with van der Waals surface area (Å²) in [5.74, 6) is -0.145. The summed E-state index contributed by atoms with van der Waals surface area (Å²) in [4.78, 5) is 18.8. The maximum absolute atomic E-state index is 13.8. The Morgan fingerprint density at radius 3 is 2.61 bits per heavy atom. The van der Waals surface area contributed by atoms with Gasteiger partial charge in [0.25, 0.3) is 0 Å². The normalized spacial score (nSPS) is 17.4. The zero-order chi connectivity index (χ0) is 22.3. The van der Waals surface area contributed by atoms with Crippen molar-refractivity contribution in [2.24, 2.45) is 0 Å². The number of aromatic nitrogens is 3. The molecule has 0 radical (unpaired) electrons. The predicted molar refractivity (Wildman–Crippen MR) is 112 cm³/mol. The first-order valence-corrected chi connectivity index (χ1v) is 10.6. The van der Waals surface area contributed by atoms with Gasteiger partial charge in [0.15, 0.2) is 11.3 Å². The van der Waals surface area contributed by atoms with Crippen molar-refractivity contribution >= 4 is 34.8 Å². The molecule has 1 aliphatic rings. The molecule has 31 heavy (non-hydrogen) atoms. The summed E-state index contributed by atoms with van der Waals surface area (Å²) in [6.07, 6.45) is -1.83. The minimum atomic E-state index is -4.67. The minimum Gasteiger partial charge on any atom is -0.340 e. The van der Waals surface area contributed by atoms with E-state index in [1.54, 1.807) is 11.0 Å². The second-order valence-corrected chi connectivity index (χ2v) is 8.48. The fraction of sp³-hybridized carbons (Fsp3) is 0.381. The van der Waals surface area contributed by atoms with Crippen molar-refractivity contribution < 1.29 is 18.0 Å². The van der Waals surface area contributed by atoms with E-state index in [1.165, 1.54) is 18.2 Å². The van der Waals surface area contributed by atoms with E-state index in [0.717, 1.165) is 29.8 Å². The third kappa shape index (κ3) is 4.50. The van der Waals surface area contributed by atoms with E-state index in [4.69, 9.17) is 23.2 Å². The molecule has 3 aromatic rings. The minimum absolute atomic E-state index is 0.00499. The van der Waals surface area contributed by atoms with Gasteiger partial charge in [-0.25, -0.2) is 9.50 Å². The van der Waals surface area contributed by atoms with Crippen molar-refractivity contribution in [3.05, 3.63) is 51.8 Å². The Morgan fingerprint density at radius 1 is 1.16 bits per heavy atom. The molecule has 1 fully saturated rings. The molecule has 1 aromatic carbocycles. The lowest BCUT2D eigenvalue weighted by Crippen LogP contribution is -2.42. The lowest BCUT2D eigenvalue weighted by molar-refractivity contribution is -0.142. The van der Waals surface area contributed by atoms with Crippen LogP contribution in [-0.4, -0.2) is 38.0 Å². The average molecular weight is 471 g/mol. The van der Waals surface area contributed by atoms with Gasteiger partial charge in [-0.05, 0) is 44.4 Å². The lowest BCUT2D eigenvalue weighted by Gasteiger charge is -2.33. The number of fused-ring (bicyclic) bond motifs is 1. The molecule has 5 nitrogen and oxygen atoms in total. The lowest BCUT2D eigenvalue weighted by atomic mass is 10.0.